The molecule has 0 saturated carbocycles. The highest BCUT2D eigenvalue weighted by molar-refractivity contribution is 5.97. The van der Waals surface area contributed by atoms with Gasteiger partial charge in [0.15, 0.2) is 6.04 Å². The lowest BCUT2D eigenvalue weighted by atomic mass is 9.93. The second kappa shape index (κ2) is 12.3. The van der Waals surface area contributed by atoms with Gasteiger partial charge in [-0.25, -0.2) is 13.6 Å². The normalized spacial score (nSPS) is 16.0. The topological polar surface area (TPSA) is 105 Å². The van der Waals surface area contributed by atoms with Gasteiger partial charge in [0.05, 0.1) is 13.2 Å². The van der Waals surface area contributed by atoms with E-state index in [1.54, 1.807) is 12.1 Å². The summed E-state index contributed by atoms with van der Waals surface area (Å²) in [5.74, 6) is 8.88. The summed E-state index contributed by atoms with van der Waals surface area (Å²) in [5.41, 5.74) is 5.70. The molecule has 0 radical (unpaired) electrons. The molecule has 0 spiro atoms. The molecule has 1 saturated heterocycles. The predicted molar refractivity (Wildman–Crippen MR) is 130 cm³/mol. The summed E-state index contributed by atoms with van der Waals surface area (Å²) in [6.07, 6.45) is -3.15. The van der Waals surface area contributed by atoms with Gasteiger partial charge in [-0.2, -0.15) is 0 Å². The van der Waals surface area contributed by atoms with E-state index >= 15 is 0 Å². The van der Waals surface area contributed by atoms with Crippen LogP contribution in [-0.4, -0.2) is 66.2 Å². The zero-order chi connectivity index (χ0) is 26.1. The van der Waals surface area contributed by atoms with Gasteiger partial charge in [-0.15, -0.1) is 0 Å². The zero-order valence-electron chi connectivity index (χ0n) is 19.8. The van der Waals surface area contributed by atoms with E-state index in [1.165, 1.54) is 17.7 Å². The van der Waals surface area contributed by atoms with Crippen molar-refractivity contribution in [3.63, 3.8) is 0 Å². The van der Waals surface area contributed by atoms with E-state index in [4.69, 9.17) is 10.5 Å². The number of carboxylic acids is 1. The minimum atomic E-state index is -3.15. The molecule has 2 atom stereocenters. The van der Waals surface area contributed by atoms with Crippen molar-refractivity contribution in [2.75, 3.05) is 26.3 Å². The van der Waals surface area contributed by atoms with Gasteiger partial charge in [-0.05, 0) is 60.7 Å². The summed E-state index contributed by atoms with van der Waals surface area (Å²) in [4.78, 5) is 26.0. The van der Waals surface area contributed by atoms with Gasteiger partial charge >= 0.3 is 5.97 Å². The minimum Gasteiger partial charge on any atom is -0.480 e. The van der Waals surface area contributed by atoms with Crippen molar-refractivity contribution in [1.82, 2.24) is 10.2 Å². The van der Waals surface area contributed by atoms with E-state index in [1.807, 2.05) is 24.3 Å². The Hall–Kier alpha value is -3.76. The average molecular weight is 496 g/mol. The Balaban J connectivity index is 1.57. The van der Waals surface area contributed by atoms with Crippen LogP contribution in [0.25, 0.3) is 0 Å². The first kappa shape index (κ1) is 26.8. The lowest BCUT2D eigenvalue weighted by Crippen LogP contribution is -2.64. The van der Waals surface area contributed by atoms with Gasteiger partial charge in [0.1, 0.15) is 5.54 Å². The molecule has 36 heavy (non-hydrogen) atoms. The molecule has 3 rings (SSSR count). The Kier molecular flexibility index (Phi) is 9.15. The van der Waals surface area contributed by atoms with Crippen LogP contribution < -0.4 is 11.1 Å². The van der Waals surface area contributed by atoms with Crippen LogP contribution in [0.4, 0.5) is 8.78 Å². The van der Waals surface area contributed by atoms with Crippen LogP contribution in [0.15, 0.2) is 48.5 Å². The number of carbonyl (C=O) groups is 2. The van der Waals surface area contributed by atoms with Gasteiger partial charge in [0.2, 0.25) is 0 Å². The summed E-state index contributed by atoms with van der Waals surface area (Å²) in [6.45, 7) is 5.13. The number of halogens is 2. The first-order chi connectivity index (χ1) is 17.2. The van der Waals surface area contributed by atoms with Crippen LogP contribution in [0.1, 0.15) is 34.0 Å². The molecule has 7 nitrogen and oxygen atoms in total. The highest BCUT2D eigenvalue weighted by Crippen LogP contribution is 2.18. The summed E-state index contributed by atoms with van der Waals surface area (Å²) >= 11 is 0. The number of alkyl halides is 2. The standard InChI is InChI=1S/C27H27F2N3O4/c1-27(30,26(28)29)23(25(34)35)31-24(33)22-12-10-20(11-13-22)5-3-2-4-19-6-8-21(9-7-19)18-32-14-16-36-17-15-32/h6-13,23,26H,14-18,30H2,1H3,(H,31,33)(H,34,35). The Bertz CT molecular complexity index is 1180. The van der Waals surface area contributed by atoms with Crippen LogP contribution >= 0.6 is 0 Å². The number of amides is 1. The van der Waals surface area contributed by atoms with Gasteiger partial charge in [0, 0.05) is 36.3 Å². The fourth-order valence-electron chi connectivity index (χ4n) is 3.45. The number of nitrogens with zero attached hydrogens (tertiary/aromatic N) is 1. The van der Waals surface area contributed by atoms with E-state index in [9.17, 15) is 23.5 Å². The van der Waals surface area contributed by atoms with Gasteiger partial charge in [0.25, 0.3) is 12.3 Å². The molecule has 2 aromatic carbocycles. The molecule has 1 heterocycles. The third-order valence-corrected chi connectivity index (χ3v) is 5.70. The first-order valence-corrected chi connectivity index (χ1v) is 11.3. The lowest BCUT2D eigenvalue weighted by Gasteiger charge is -2.30. The largest absolute Gasteiger partial charge is 0.480 e. The summed E-state index contributed by atoms with van der Waals surface area (Å²) in [6, 6.07) is 11.9. The SMILES string of the molecule is CC(N)(C(F)F)C(NC(=O)c1ccc(C#CC#Cc2ccc(CN3CCOCC3)cc2)cc1)C(=O)O. The highest BCUT2D eigenvalue weighted by Gasteiger charge is 2.44. The van der Waals surface area contributed by atoms with Crippen molar-refractivity contribution in [2.45, 2.75) is 31.5 Å². The molecule has 0 aromatic heterocycles. The number of morpholine rings is 1. The number of hydrogen-bond donors (Lipinski definition) is 3. The van der Waals surface area contributed by atoms with Crippen LogP contribution in [0.2, 0.25) is 0 Å². The number of carbonyl (C=O) groups excluding carboxylic acids is 1. The molecular formula is C27H27F2N3O4. The number of benzene rings is 2. The summed E-state index contributed by atoms with van der Waals surface area (Å²) < 4.78 is 31.6. The number of rotatable bonds is 7. The molecule has 188 valence electrons. The maximum atomic E-state index is 13.1. The van der Waals surface area contributed by atoms with Gasteiger partial charge in [-0.1, -0.05) is 24.0 Å². The smallest absolute Gasteiger partial charge is 0.328 e. The van der Waals surface area contributed by atoms with E-state index in [0.29, 0.717) is 5.56 Å². The highest BCUT2D eigenvalue weighted by atomic mass is 19.3. The molecule has 1 aliphatic rings. The van der Waals surface area contributed by atoms with Crippen molar-refractivity contribution < 1.29 is 28.2 Å². The maximum absolute atomic E-state index is 13.1. The van der Waals surface area contributed by atoms with Crippen molar-refractivity contribution >= 4 is 11.9 Å². The van der Waals surface area contributed by atoms with E-state index in [-0.39, 0.29) is 5.56 Å². The van der Waals surface area contributed by atoms with Crippen LogP contribution in [-0.2, 0) is 16.1 Å². The van der Waals surface area contributed by atoms with Crippen molar-refractivity contribution in [3.8, 4) is 23.7 Å². The van der Waals surface area contributed by atoms with E-state index < -0.39 is 29.9 Å². The van der Waals surface area contributed by atoms with Crippen molar-refractivity contribution in [1.29, 1.82) is 0 Å². The summed E-state index contributed by atoms with van der Waals surface area (Å²) in [5, 5.41) is 11.3. The Morgan fingerprint density at radius 3 is 2.08 bits per heavy atom. The second-order valence-corrected chi connectivity index (χ2v) is 8.57. The molecule has 1 amide bonds. The number of ether oxygens (including phenoxy) is 1. The lowest BCUT2D eigenvalue weighted by molar-refractivity contribution is -0.143. The fourth-order valence-corrected chi connectivity index (χ4v) is 3.45. The van der Waals surface area contributed by atoms with Crippen molar-refractivity contribution in [3.05, 3.63) is 70.8 Å². The van der Waals surface area contributed by atoms with Gasteiger partial charge < -0.3 is 20.9 Å². The van der Waals surface area contributed by atoms with Gasteiger partial charge in [-0.3, -0.25) is 9.69 Å². The number of carboxylic acid groups (broad SMARTS) is 1. The van der Waals surface area contributed by atoms with E-state index in [2.05, 4.69) is 33.9 Å². The fraction of sp³-hybridized carbons (Fsp3) is 0.333. The molecule has 2 aromatic rings. The Labute approximate surface area is 208 Å². The molecule has 9 heteroatoms. The number of hydrogen-bond acceptors (Lipinski definition) is 5. The van der Waals surface area contributed by atoms with Crippen LogP contribution in [0, 0.1) is 23.7 Å². The maximum Gasteiger partial charge on any atom is 0.328 e. The first-order valence-electron chi connectivity index (χ1n) is 11.3. The number of aliphatic carboxylic acids is 1. The molecule has 1 fully saturated rings. The summed E-state index contributed by atoms with van der Waals surface area (Å²) in [7, 11) is 0. The monoisotopic (exact) mass is 495 g/mol. The average Bonchev–Trinajstić information content (AvgIpc) is 2.86. The Morgan fingerprint density at radius 2 is 1.58 bits per heavy atom. The van der Waals surface area contributed by atoms with Crippen LogP contribution in [0.5, 0.6) is 0 Å². The predicted octanol–water partition coefficient (Wildman–Crippen LogP) is 2.09. The molecule has 0 aliphatic carbocycles. The number of nitrogens with one attached hydrogen (secondary N) is 1. The third-order valence-electron chi connectivity index (χ3n) is 5.70. The molecule has 0 bridgehead atoms. The molecular weight excluding hydrogens is 468 g/mol. The second-order valence-electron chi connectivity index (χ2n) is 8.57. The molecule has 4 N–H and O–H groups in total. The van der Waals surface area contributed by atoms with Crippen molar-refractivity contribution in [2.24, 2.45) is 5.73 Å². The van der Waals surface area contributed by atoms with E-state index in [0.717, 1.165) is 45.3 Å². The number of nitrogens with two attached hydrogens (primary N) is 1. The third kappa shape index (κ3) is 7.37. The Morgan fingerprint density at radius 1 is 1.06 bits per heavy atom. The molecule has 1 aliphatic heterocycles. The quantitative estimate of drug-likeness (QED) is 0.508. The molecule has 2 unspecified atom stereocenters. The van der Waals surface area contributed by atoms with Crippen LogP contribution in [0.3, 0.4) is 0 Å². The zero-order valence-corrected chi connectivity index (χ0v) is 19.8. The minimum absolute atomic E-state index is 0.0834.